The Bertz CT molecular complexity index is 1090. The van der Waals surface area contributed by atoms with E-state index in [4.69, 9.17) is 0 Å². The van der Waals surface area contributed by atoms with Crippen molar-refractivity contribution in [2.45, 2.75) is 6.92 Å². The van der Waals surface area contributed by atoms with E-state index in [1.807, 2.05) is 49.4 Å². The van der Waals surface area contributed by atoms with E-state index in [2.05, 4.69) is 47.4 Å². The molecule has 1 saturated heterocycles. The lowest BCUT2D eigenvalue weighted by atomic mass is 10.2. The van der Waals surface area contributed by atoms with E-state index in [-0.39, 0.29) is 5.91 Å². The Morgan fingerprint density at radius 1 is 1.03 bits per heavy atom. The molecule has 9 nitrogen and oxygen atoms in total. The predicted octanol–water partition coefficient (Wildman–Crippen LogP) is 3.05. The molecular weight excluding hydrogens is 404 g/mol. The summed E-state index contributed by atoms with van der Waals surface area (Å²) in [6.07, 6.45) is 5.31. The first-order valence-corrected chi connectivity index (χ1v) is 10.5. The molecule has 9 heteroatoms. The quantitative estimate of drug-likeness (QED) is 0.616. The van der Waals surface area contributed by atoms with Crippen LogP contribution in [0, 0.1) is 0 Å². The van der Waals surface area contributed by atoms with Crippen molar-refractivity contribution >= 4 is 35.4 Å². The summed E-state index contributed by atoms with van der Waals surface area (Å²) in [6, 6.07) is 12.7. The average Bonchev–Trinajstić information content (AvgIpc) is 2.80. The number of amides is 1. The highest BCUT2D eigenvalue weighted by molar-refractivity contribution is 6.04. The standard InChI is InChI=1S/C23H26N8O/c1-3-7-19-26-22(29-23(28-19)31-14-12-30(2)13-15-31)27-20-16-17(10-11-24-20)21(32)25-18-8-5-4-6-9-18/h3-11,16H,12-15H2,1-2H3,(H,25,32)(H,24,26,27,28,29)/b7-3+. The molecule has 3 heterocycles. The molecule has 1 amide bonds. The van der Waals surface area contributed by atoms with Gasteiger partial charge in [0.1, 0.15) is 5.82 Å². The van der Waals surface area contributed by atoms with Gasteiger partial charge in [-0.05, 0) is 44.3 Å². The lowest BCUT2D eigenvalue weighted by Gasteiger charge is -2.32. The Labute approximate surface area is 187 Å². The monoisotopic (exact) mass is 430 g/mol. The zero-order valence-corrected chi connectivity index (χ0v) is 18.2. The van der Waals surface area contributed by atoms with Crippen LogP contribution in [0.2, 0.25) is 0 Å². The lowest BCUT2D eigenvalue weighted by molar-refractivity contribution is 0.102. The molecule has 3 aromatic rings. The van der Waals surface area contributed by atoms with Gasteiger partial charge >= 0.3 is 0 Å². The van der Waals surface area contributed by atoms with Crippen LogP contribution >= 0.6 is 0 Å². The first-order chi connectivity index (χ1) is 15.6. The number of hydrogen-bond acceptors (Lipinski definition) is 8. The van der Waals surface area contributed by atoms with Crippen molar-refractivity contribution in [2.24, 2.45) is 0 Å². The van der Waals surface area contributed by atoms with E-state index in [0.717, 1.165) is 31.9 Å². The van der Waals surface area contributed by atoms with Gasteiger partial charge in [0.2, 0.25) is 11.9 Å². The van der Waals surface area contributed by atoms with Crippen molar-refractivity contribution in [3.05, 3.63) is 66.1 Å². The van der Waals surface area contributed by atoms with Gasteiger partial charge < -0.3 is 20.4 Å². The minimum atomic E-state index is -0.218. The number of hydrogen-bond donors (Lipinski definition) is 2. The van der Waals surface area contributed by atoms with Crippen molar-refractivity contribution in [3.8, 4) is 0 Å². The maximum atomic E-state index is 12.6. The molecule has 1 aliphatic rings. The van der Waals surface area contributed by atoms with Crippen LogP contribution < -0.4 is 15.5 Å². The van der Waals surface area contributed by atoms with Gasteiger partial charge in [0.05, 0.1) is 0 Å². The van der Waals surface area contributed by atoms with Gasteiger partial charge in [0.15, 0.2) is 5.82 Å². The summed E-state index contributed by atoms with van der Waals surface area (Å²) in [7, 11) is 2.11. The Kier molecular flexibility index (Phi) is 6.66. The number of piperazine rings is 1. The number of benzene rings is 1. The molecule has 0 unspecified atom stereocenters. The molecule has 0 radical (unpaired) electrons. The van der Waals surface area contributed by atoms with E-state index in [1.54, 1.807) is 18.3 Å². The van der Waals surface area contributed by atoms with Crippen LogP contribution in [0.15, 0.2) is 54.7 Å². The summed E-state index contributed by atoms with van der Waals surface area (Å²) in [4.78, 5) is 35.0. The van der Waals surface area contributed by atoms with Crippen LogP contribution in [0.25, 0.3) is 6.08 Å². The molecule has 0 bridgehead atoms. The van der Waals surface area contributed by atoms with Crippen LogP contribution in [-0.2, 0) is 0 Å². The number of likely N-dealkylation sites (N-methyl/N-ethyl adjacent to an activating group) is 1. The molecular formula is C23H26N8O. The van der Waals surface area contributed by atoms with E-state index in [9.17, 15) is 4.79 Å². The Morgan fingerprint density at radius 3 is 2.56 bits per heavy atom. The number of aromatic nitrogens is 4. The Balaban J connectivity index is 1.54. The molecule has 1 aromatic carbocycles. The molecule has 0 saturated carbocycles. The highest BCUT2D eigenvalue weighted by Crippen LogP contribution is 2.18. The molecule has 0 atom stereocenters. The minimum Gasteiger partial charge on any atom is -0.338 e. The third-order valence-electron chi connectivity index (χ3n) is 5.04. The van der Waals surface area contributed by atoms with Crippen molar-refractivity contribution in [1.82, 2.24) is 24.8 Å². The van der Waals surface area contributed by atoms with Gasteiger partial charge in [0.25, 0.3) is 5.91 Å². The van der Waals surface area contributed by atoms with Crippen molar-refractivity contribution in [1.29, 1.82) is 0 Å². The van der Waals surface area contributed by atoms with Crippen molar-refractivity contribution < 1.29 is 4.79 Å². The summed E-state index contributed by atoms with van der Waals surface area (Å²) < 4.78 is 0. The summed E-state index contributed by atoms with van der Waals surface area (Å²) in [5.74, 6) is 1.84. The second-order valence-corrected chi connectivity index (χ2v) is 7.48. The van der Waals surface area contributed by atoms with E-state index < -0.39 is 0 Å². The van der Waals surface area contributed by atoms with Crippen LogP contribution in [0.4, 0.5) is 23.4 Å². The van der Waals surface area contributed by atoms with Crippen LogP contribution in [0.3, 0.4) is 0 Å². The van der Waals surface area contributed by atoms with Gasteiger partial charge in [-0.2, -0.15) is 15.0 Å². The number of carbonyl (C=O) groups is 1. The van der Waals surface area contributed by atoms with Crippen molar-refractivity contribution in [3.63, 3.8) is 0 Å². The van der Waals surface area contributed by atoms with Gasteiger partial charge in [-0.25, -0.2) is 4.98 Å². The second-order valence-electron chi connectivity index (χ2n) is 7.48. The summed E-state index contributed by atoms with van der Waals surface area (Å²) >= 11 is 0. The Morgan fingerprint density at radius 2 is 1.81 bits per heavy atom. The minimum absolute atomic E-state index is 0.218. The second kappa shape index (κ2) is 9.97. The molecule has 0 spiro atoms. The molecule has 1 fully saturated rings. The fourth-order valence-electron chi connectivity index (χ4n) is 3.29. The fourth-order valence-corrected chi connectivity index (χ4v) is 3.29. The first kappa shape index (κ1) is 21.4. The first-order valence-electron chi connectivity index (χ1n) is 10.5. The average molecular weight is 431 g/mol. The predicted molar refractivity (Wildman–Crippen MR) is 126 cm³/mol. The molecule has 4 rings (SSSR count). The number of nitrogens with zero attached hydrogens (tertiary/aromatic N) is 6. The number of pyridine rings is 1. The van der Waals surface area contributed by atoms with E-state index in [1.165, 1.54) is 0 Å². The van der Waals surface area contributed by atoms with Crippen LogP contribution in [-0.4, -0.2) is 64.0 Å². The smallest absolute Gasteiger partial charge is 0.255 e. The van der Waals surface area contributed by atoms with Crippen LogP contribution in [0.1, 0.15) is 23.1 Å². The SMILES string of the molecule is C/C=C/c1nc(Nc2cc(C(=O)Nc3ccccc3)ccn2)nc(N2CCN(C)CC2)n1. The third kappa shape index (κ3) is 5.44. The topological polar surface area (TPSA) is 99.2 Å². The lowest BCUT2D eigenvalue weighted by Crippen LogP contribution is -2.45. The van der Waals surface area contributed by atoms with Gasteiger partial charge in [-0.3, -0.25) is 4.79 Å². The number of anilines is 4. The molecule has 2 N–H and O–H groups in total. The number of para-hydroxylation sites is 1. The summed E-state index contributed by atoms with van der Waals surface area (Å²) in [6.45, 7) is 5.52. The molecule has 32 heavy (non-hydrogen) atoms. The summed E-state index contributed by atoms with van der Waals surface area (Å²) in [5.41, 5.74) is 1.21. The zero-order chi connectivity index (χ0) is 22.3. The molecule has 2 aromatic heterocycles. The molecule has 1 aliphatic heterocycles. The van der Waals surface area contributed by atoms with Gasteiger partial charge in [-0.1, -0.05) is 24.3 Å². The van der Waals surface area contributed by atoms with Gasteiger partial charge in [-0.15, -0.1) is 0 Å². The van der Waals surface area contributed by atoms with E-state index in [0.29, 0.717) is 29.1 Å². The van der Waals surface area contributed by atoms with E-state index >= 15 is 0 Å². The number of allylic oxidation sites excluding steroid dienone is 1. The van der Waals surface area contributed by atoms with Gasteiger partial charge in [0, 0.05) is 43.6 Å². The third-order valence-corrected chi connectivity index (χ3v) is 5.04. The zero-order valence-electron chi connectivity index (χ0n) is 18.2. The summed E-state index contributed by atoms with van der Waals surface area (Å²) in [5, 5.41) is 6.00. The highest BCUT2D eigenvalue weighted by atomic mass is 16.1. The highest BCUT2D eigenvalue weighted by Gasteiger charge is 2.18. The Hall–Kier alpha value is -3.85. The fraction of sp³-hybridized carbons (Fsp3) is 0.261. The number of rotatable bonds is 6. The molecule has 164 valence electrons. The van der Waals surface area contributed by atoms with Crippen molar-refractivity contribution in [2.75, 3.05) is 48.8 Å². The number of nitrogens with one attached hydrogen (secondary N) is 2. The largest absolute Gasteiger partial charge is 0.338 e. The molecule has 0 aliphatic carbocycles. The number of carbonyl (C=O) groups excluding carboxylic acids is 1. The maximum absolute atomic E-state index is 12.6. The van der Waals surface area contributed by atoms with Crippen LogP contribution in [0.5, 0.6) is 0 Å². The maximum Gasteiger partial charge on any atom is 0.255 e. The normalized spacial score (nSPS) is 14.5.